The average molecular weight is 393 g/mol. The summed E-state index contributed by atoms with van der Waals surface area (Å²) in [5.74, 6) is 10.9. The van der Waals surface area contributed by atoms with Crippen LogP contribution >= 0.6 is 11.6 Å². The summed E-state index contributed by atoms with van der Waals surface area (Å²) in [6.45, 7) is 0. The lowest BCUT2D eigenvalue weighted by atomic mass is 10.1. The van der Waals surface area contributed by atoms with E-state index < -0.39 is 0 Å². The number of fused-ring (bicyclic) bond motifs is 1. The van der Waals surface area contributed by atoms with E-state index in [1.807, 2.05) is 72.8 Å². The predicted molar refractivity (Wildman–Crippen MR) is 118 cm³/mol. The maximum Gasteiger partial charge on any atom is 0.123 e. The fourth-order valence-corrected chi connectivity index (χ4v) is 2.99. The number of aromatic hydroxyl groups is 1. The van der Waals surface area contributed by atoms with Crippen LogP contribution in [-0.4, -0.2) is 5.11 Å². The van der Waals surface area contributed by atoms with Crippen LogP contribution in [0.3, 0.4) is 0 Å². The van der Waals surface area contributed by atoms with Crippen molar-refractivity contribution in [1.82, 2.24) is 0 Å². The predicted octanol–water partition coefficient (Wildman–Crippen LogP) is 5.12. The molecule has 0 saturated carbocycles. The number of phenols is 1. The molecule has 0 unspecified atom stereocenters. The Morgan fingerprint density at radius 1 is 0.607 bits per heavy atom. The number of benzene rings is 4. The Labute approximate surface area is 168 Å². The summed E-state index contributed by atoms with van der Waals surface area (Å²) in [6.07, 6.45) is 0. The molecule has 0 spiro atoms. The van der Waals surface area contributed by atoms with Gasteiger partial charge in [0.05, 0.1) is 0 Å². The Balaban J connectivity index is 0.000000167. The number of hydrogen-bond donors (Lipinski definition) is 5. The number of nitrogens with two attached hydrogens (primary N) is 2. The zero-order chi connectivity index (χ0) is 19.9. The Bertz CT molecular complexity index is 964. The normalized spacial score (nSPS) is 10.1. The van der Waals surface area contributed by atoms with Crippen molar-refractivity contribution < 1.29 is 5.11 Å². The van der Waals surface area contributed by atoms with E-state index in [9.17, 15) is 5.11 Å². The van der Waals surface area contributed by atoms with Crippen molar-refractivity contribution in [3.63, 3.8) is 0 Å². The molecule has 4 aromatic rings. The van der Waals surface area contributed by atoms with Crippen LogP contribution in [0.5, 0.6) is 5.75 Å². The van der Waals surface area contributed by atoms with Gasteiger partial charge in [-0.05, 0) is 47.5 Å². The van der Waals surface area contributed by atoms with Crippen LogP contribution in [-0.2, 0) is 0 Å². The van der Waals surface area contributed by atoms with Gasteiger partial charge in [0.25, 0.3) is 0 Å². The number of hydrogen-bond acceptors (Lipinski definition) is 5. The van der Waals surface area contributed by atoms with Crippen LogP contribution in [0, 0.1) is 0 Å². The largest absolute Gasteiger partial charge is 0.507 e. The number of nitrogen functional groups attached to an aromatic ring is 2. The molecule has 0 aliphatic rings. The Kier molecular flexibility index (Phi) is 6.34. The Morgan fingerprint density at radius 3 is 1.50 bits per heavy atom. The highest BCUT2D eigenvalue weighted by atomic mass is 35.5. The molecule has 0 atom stereocenters. The summed E-state index contributed by atoms with van der Waals surface area (Å²) >= 11 is 5.92. The molecule has 6 heteroatoms. The lowest BCUT2D eigenvalue weighted by Gasteiger charge is -2.05. The van der Waals surface area contributed by atoms with Gasteiger partial charge in [0.2, 0.25) is 0 Å². The first kappa shape index (κ1) is 19.5. The SMILES string of the molecule is NNc1ccc(-c2ccc(NN)cc2)cc1.Oc1ccc(Cl)c2ccccc12. The molecule has 0 aliphatic carbocycles. The van der Waals surface area contributed by atoms with Gasteiger partial charge in [-0.25, -0.2) is 0 Å². The molecule has 0 fully saturated rings. The van der Waals surface area contributed by atoms with Gasteiger partial charge in [0, 0.05) is 27.2 Å². The van der Waals surface area contributed by atoms with E-state index in [4.69, 9.17) is 23.3 Å². The van der Waals surface area contributed by atoms with Gasteiger partial charge in [0.15, 0.2) is 0 Å². The second-order valence-electron chi connectivity index (χ2n) is 6.06. The minimum atomic E-state index is 0.273. The first-order valence-corrected chi connectivity index (χ1v) is 9.00. The van der Waals surface area contributed by atoms with Crippen molar-refractivity contribution in [2.45, 2.75) is 0 Å². The fourth-order valence-electron chi connectivity index (χ4n) is 2.76. The second-order valence-corrected chi connectivity index (χ2v) is 6.46. The van der Waals surface area contributed by atoms with Crippen LogP contribution in [0.1, 0.15) is 0 Å². The van der Waals surface area contributed by atoms with Gasteiger partial charge in [-0.15, -0.1) is 0 Å². The van der Waals surface area contributed by atoms with Crippen molar-refractivity contribution in [2.75, 3.05) is 10.9 Å². The zero-order valence-electron chi connectivity index (χ0n) is 15.1. The first-order chi connectivity index (χ1) is 13.6. The molecule has 28 heavy (non-hydrogen) atoms. The Morgan fingerprint density at radius 2 is 1.07 bits per heavy atom. The van der Waals surface area contributed by atoms with Crippen molar-refractivity contribution in [3.8, 4) is 16.9 Å². The van der Waals surface area contributed by atoms with Gasteiger partial charge in [-0.3, -0.25) is 11.7 Å². The third kappa shape index (κ3) is 4.53. The molecule has 0 aromatic heterocycles. The van der Waals surface area contributed by atoms with Gasteiger partial charge in [-0.1, -0.05) is 60.1 Å². The molecule has 142 valence electrons. The monoisotopic (exact) mass is 392 g/mol. The molecule has 4 rings (SSSR count). The van der Waals surface area contributed by atoms with Crippen LogP contribution in [0.2, 0.25) is 5.02 Å². The van der Waals surface area contributed by atoms with Gasteiger partial charge in [-0.2, -0.15) is 0 Å². The number of hydrazine groups is 2. The van der Waals surface area contributed by atoms with E-state index >= 15 is 0 Å². The molecule has 0 aliphatic heterocycles. The molecular formula is C22H21ClN4O. The summed E-state index contributed by atoms with van der Waals surface area (Å²) in [7, 11) is 0. The van der Waals surface area contributed by atoms with E-state index in [1.165, 1.54) is 0 Å². The molecule has 0 bridgehead atoms. The highest BCUT2D eigenvalue weighted by molar-refractivity contribution is 6.35. The highest BCUT2D eigenvalue weighted by Gasteiger charge is 2.01. The van der Waals surface area contributed by atoms with Crippen LogP contribution < -0.4 is 22.5 Å². The molecule has 4 aromatic carbocycles. The smallest absolute Gasteiger partial charge is 0.123 e. The third-order valence-corrected chi connectivity index (χ3v) is 4.61. The second kappa shape index (κ2) is 9.10. The fraction of sp³-hybridized carbons (Fsp3) is 0. The number of anilines is 2. The van der Waals surface area contributed by atoms with Gasteiger partial charge < -0.3 is 16.0 Å². The minimum Gasteiger partial charge on any atom is -0.507 e. The number of rotatable bonds is 3. The number of phenolic OH excluding ortho intramolecular Hbond substituents is 1. The van der Waals surface area contributed by atoms with E-state index in [0.29, 0.717) is 5.02 Å². The molecular weight excluding hydrogens is 372 g/mol. The summed E-state index contributed by atoms with van der Waals surface area (Å²) in [5, 5.41) is 11.8. The molecule has 7 N–H and O–H groups in total. The van der Waals surface area contributed by atoms with Crippen molar-refractivity contribution in [2.24, 2.45) is 11.7 Å². The van der Waals surface area contributed by atoms with Crippen molar-refractivity contribution in [3.05, 3.63) is 90.0 Å². The average Bonchev–Trinajstić information content (AvgIpc) is 2.77. The van der Waals surface area contributed by atoms with Crippen molar-refractivity contribution >= 4 is 33.7 Å². The van der Waals surface area contributed by atoms with Crippen LogP contribution in [0.25, 0.3) is 21.9 Å². The molecule has 0 amide bonds. The first-order valence-electron chi connectivity index (χ1n) is 8.62. The molecule has 0 saturated heterocycles. The standard InChI is InChI=1S/C12H14N4.C10H7ClO/c13-15-11-5-1-9(2-6-11)10-3-7-12(16-14)8-4-10;11-9-5-6-10(12)8-4-2-1-3-7(8)9/h1-8,15-16H,13-14H2;1-6,12H. The van der Waals surface area contributed by atoms with Crippen LogP contribution in [0.15, 0.2) is 84.9 Å². The lowest BCUT2D eigenvalue weighted by molar-refractivity contribution is 0.481. The van der Waals surface area contributed by atoms with E-state index in [-0.39, 0.29) is 5.75 Å². The van der Waals surface area contributed by atoms with E-state index in [2.05, 4.69) is 10.9 Å². The minimum absolute atomic E-state index is 0.273. The van der Waals surface area contributed by atoms with Gasteiger partial charge >= 0.3 is 0 Å². The molecule has 5 nitrogen and oxygen atoms in total. The van der Waals surface area contributed by atoms with Gasteiger partial charge in [0.1, 0.15) is 5.75 Å². The number of halogens is 1. The molecule has 0 radical (unpaired) electrons. The molecule has 0 heterocycles. The third-order valence-electron chi connectivity index (χ3n) is 4.28. The van der Waals surface area contributed by atoms with Crippen LogP contribution in [0.4, 0.5) is 11.4 Å². The maximum atomic E-state index is 9.44. The summed E-state index contributed by atoms with van der Waals surface area (Å²) in [6, 6.07) is 26.6. The lowest BCUT2D eigenvalue weighted by Crippen LogP contribution is -2.06. The summed E-state index contributed by atoms with van der Waals surface area (Å²) in [4.78, 5) is 0. The quantitative estimate of drug-likeness (QED) is 0.246. The summed E-state index contributed by atoms with van der Waals surface area (Å²) in [5.41, 5.74) is 9.26. The maximum absolute atomic E-state index is 9.44. The van der Waals surface area contributed by atoms with E-state index in [1.54, 1.807) is 12.1 Å². The zero-order valence-corrected chi connectivity index (χ0v) is 15.8. The summed E-state index contributed by atoms with van der Waals surface area (Å²) < 4.78 is 0. The van der Waals surface area contributed by atoms with Crippen molar-refractivity contribution in [1.29, 1.82) is 0 Å². The highest BCUT2D eigenvalue weighted by Crippen LogP contribution is 2.29. The van der Waals surface area contributed by atoms with E-state index in [0.717, 1.165) is 33.3 Å². The Hall–Kier alpha value is -3.25. The number of nitrogens with one attached hydrogen (secondary N) is 2. The topological polar surface area (TPSA) is 96.3 Å².